The van der Waals surface area contributed by atoms with Crippen molar-refractivity contribution in [3.63, 3.8) is 0 Å². The molecule has 0 spiro atoms. The zero-order valence-corrected chi connectivity index (χ0v) is 11.1. The van der Waals surface area contributed by atoms with E-state index in [1.165, 1.54) is 6.07 Å². The van der Waals surface area contributed by atoms with Gasteiger partial charge in [0.15, 0.2) is 16.9 Å². The van der Waals surface area contributed by atoms with Gasteiger partial charge in [-0.25, -0.2) is 4.98 Å². The molecule has 2 heterocycles. The molecule has 2 aromatic heterocycles. The van der Waals surface area contributed by atoms with Crippen molar-refractivity contribution in [3.05, 3.63) is 40.8 Å². The van der Waals surface area contributed by atoms with Crippen LogP contribution in [-0.2, 0) is 0 Å². The quantitative estimate of drug-likeness (QED) is 0.762. The number of nitrogens with one attached hydrogen (secondary N) is 2. The third-order valence-corrected chi connectivity index (χ3v) is 3.07. The Balaban J connectivity index is 2.21. The fourth-order valence-electron chi connectivity index (χ4n) is 2.07. The number of rotatable bonds is 3. The molecule has 0 fully saturated rings. The number of hydrogen-bond donors (Lipinski definition) is 2. The predicted octanol–water partition coefficient (Wildman–Crippen LogP) is 1.94. The van der Waals surface area contributed by atoms with E-state index in [-0.39, 0.29) is 5.43 Å². The van der Waals surface area contributed by atoms with Crippen LogP contribution in [0, 0.1) is 0 Å². The van der Waals surface area contributed by atoms with Crippen LogP contribution in [-0.4, -0.2) is 29.2 Å². The summed E-state index contributed by atoms with van der Waals surface area (Å²) in [5.74, 6) is 1.72. The van der Waals surface area contributed by atoms with Crippen LogP contribution in [0.5, 0.6) is 11.5 Å². The minimum Gasteiger partial charge on any atom is -0.493 e. The number of aromatic amines is 2. The fraction of sp³-hybridized carbons (Fsp3) is 0.143. The Labute approximate surface area is 114 Å². The SMILES string of the molecule is COc1cc2nc(-c3c[nH]ccc3=O)[nH]c2cc1OC. The van der Waals surface area contributed by atoms with Crippen molar-refractivity contribution in [2.75, 3.05) is 14.2 Å². The first-order chi connectivity index (χ1) is 9.72. The smallest absolute Gasteiger partial charge is 0.192 e. The summed E-state index contributed by atoms with van der Waals surface area (Å²) in [5.41, 5.74) is 1.88. The fourth-order valence-corrected chi connectivity index (χ4v) is 2.07. The average molecular weight is 271 g/mol. The second-order valence-electron chi connectivity index (χ2n) is 4.23. The highest BCUT2D eigenvalue weighted by molar-refractivity contribution is 5.82. The van der Waals surface area contributed by atoms with Crippen molar-refractivity contribution < 1.29 is 9.47 Å². The summed E-state index contributed by atoms with van der Waals surface area (Å²) < 4.78 is 10.5. The normalized spacial score (nSPS) is 10.7. The second kappa shape index (κ2) is 4.73. The number of imidazole rings is 1. The minimum absolute atomic E-state index is 0.0956. The van der Waals surface area contributed by atoms with Crippen LogP contribution in [0.15, 0.2) is 35.4 Å². The Hall–Kier alpha value is -2.76. The highest BCUT2D eigenvalue weighted by Crippen LogP contribution is 2.31. The molecule has 0 radical (unpaired) electrons. The van der Waals surface area contributed by atoms with E-state index in [2.05, 4.69) is 15.0 Å². The molecule has 0 aliphatic heterocycles. The molecular weight excluding hydrogens is 258 g/mol. The third-order valence-electron chi connectivity index (χ3n) is 3.07. The van der Waals surface area contributed by atoms with E-state index in [0.717, 1.165) is 5.52 Å². The number of fused-ring (bicyclic) bond motifs is 1. The van der Waals surface area contributed by atoms with E-state index in [4.69, 9.17) is 9.47 Å². The van der Waals surface area contributed by atoms with Gasteiger partial charge in [-0.05, 0) is 0 Å². The van der Waals surface area contributed by atoms with E-state index in [9.17, 15) is 4.79 Å². The maximum absolute atomic E-state index is 11.8. The van der Waals surface area contributed by atoms with Crippen molar-refractivity contribution in [2.24, 2.45) is 0 Å². The first-order valence-corrected chi connectivity index (χ1v) is 6.02. The van der Waals surface area contributed by atoms with E-state index >= 15 is 0 Å². The minimum atomic E-state index is -0.0956. The van der Waals surface area contributed by atoms with Gasteiger partial charge in [0, 0.05) is 30.6 Å². The molecule has 20 heavy (non-hydrogen) atoms. The molecule has 0 aliphatic rings. The van der Waals surface area contributed by atoms with Gasteiger partial charge in [-0.15, -0.1) is 0 Å². The number of H-pyrrole nitrogens is 2. The topological polar surface area (TPSA) is 80.0 Å². The van der Waals surface area contributed by atoms with Crippen molar-refractivity contribution in [3.8, 4) is 22.9 Å². The molecule has 0 bridgehead atoms. The number of nitrogens with zero attached hydrogens (tertiary/aromatic N) is 1. The third kappa shape index (κ3) is 1.91. The van der Waals surface area contributed by atoms with Crippen LogP contribution in [0.1, 0.15) is 0 Å². The van der Waals surface area contributed by atoms with Gasteiger partial charge in [0.25, 0.3) is 0 Å². The number of methoxy groups -OCH3 is 2. The molecular formula is C14H13N3O3. The number of pyridine rings is 1. The second-order valence-corrected chi connectivity index (χ2v) is 4.23. The summed E-state index contributed by atoms with van der Waals surface area (Å²) in [6.07, 6.45) is 3.20. The van der Waals surface area contributed by atoms with Crippen LogP contribution in [0.3, 0.4) is 0 Å². The highest BCUT2D eigenvalue weighted by atomic mass is 16.5. The summed E-state index contributed by atoms with van der Waals surface area (Å²) >= 11 is 0. The lowest BCUT2D eigenvalue weighted by Gasteiger charge is -2.06. The van der Waals surface area contributed by atoms with Gasteiger partial charge < -0.3 is 19.4 Å². The number of ether oxygens (including phenoxy) is 2. The predicted molar refractivity (Wildman–Crippen MR) is 75.3 cm³/mol. The molecule has 102 valence electrons. The summed E-state index contributed by atoms with van der Waals surface area (Å²) in [4.78, 5) is 22.2. The largest absolute Gasteiger partial charge is 0.493 e. The van der Waals surface area contributed by atoms with Gasteiger partial charge in [0.05, 0.1) is 30.8 Å². The zero-order chi connectivity index (χ0) is 14.1. The molecule has 0 atom stereocenters. The van der Waals surface area contributed by atoms with Gasteiger partial charge in [-0.2, -0.15) is 0 Å². The van der Waals surface area contributed by atoms with Crippen LogP contribution in [0.4, 0.5) is 0 Å². The summed E-state index contributed by atoms with van der Waals surface area (Å²) in [6.45, 7) is 0. The van der Waals surface area contributed by atoms with Gasteiger partial charge in [0.1, 0.15) is 5.82 Å². The standard InChI is InChI=1S/C14H13N3O3/c1-19-12-5-9-10(6-13(12)20-2)17-14(16-9)8-7-15-4-3-11(8)18/h3-7H,1-2H3,(H,15,18)(H,16,17). The van der Waals surface area contributed by atoms with Crippen LogP contribution < -0.4 is 14.9 Å². The Morgan fingerprint density at radius 3 is 2.60 bits per heavy atom. The molecule has 0 saturated carbocycles. The highest BCUT2D eigenvalue weighted by Gasteiger charge is 2.12. The average Bonchev–Trinajstić information content (AvgIpc) is 2.88. The monoisotopic (exact) mass is 271 g/mol. The van der Waals surface area contributed by atoms with Crippen molar-refractivity contribution in [1.82, 2.24) is 15.0 Å². The van der Waals surface area contributed by atoms with Gasteiger partial charge in [-0.3, -0.25) is 4.79 Å². The van der Waals surface area contributed by atoms with Crippen molar-refractivity contribution >= 4 is 11.0 Å². The number of hydrogen-bond acceptors (Lipinski definition) is 4. The van der Waals surface area contributed by atoms with Crippen molar-refractivity contribution in [2.45, 2.75) is 0 Å². The molecule has 6 heteroatoms. The van der Waals surface area contributed by atoms with Crippen LogP contribution >= 0.6 is 0 Å². The van der Waals surface area contributed by atoms with Gasteiger partial charge in [-0.1, -0.05) is 0 Å². The Morgan fingerprint density at radius 1 is 1.15 bits per heavy atom. The number of aromatic nitrogens is 3. The molecule has 2 N–H and O–H groups in total. The Bertz CT molecular complexity index is 779. The Kier molecular flexibility index (Phi) is 2.90. The van der Waals surface area contributed by atoms with Crippen molar-refractivity contribution in [1.29, 1.82) is 0 Å². The van der Waals surface area contributed by atoms with E-state index in [1.54, 1.807) is 38.7 Å². The Morgan fingerprint density at radius 2 is 1.90 bits per heavy atom. The van der Waals surface area contributed by atoms with Crippen LogP contribution in [0.2, 0.25) is 0 Å². The van der Waals surface area contributed by atoms with Gasteiger partial charge in [0.2, 0.25) is 0 Å². The van der Waals surface area contributed by atoms with Crippen LogP contribution in [0.25, 0.3) is 22.4 Å². The maximum Gasteiger partial charge on any atom is 0.192 e. The molecule has 0 aliphatic carbocycles. The van der Waals surface area contributed by atoms with Gasteiger partial charge >= 0.3 is 0 Å². The molecule has 3 rings (SSSR count). The number of benzene rings is 1. The molecule has 3 aromatic rings. The molecule has 6 nitrogen and oxygen atoms in total. The molecule has 0 unspecified atom stereocenters. The molecule has 0 amide bonds. The lowest BCUT2D eigenvalue weighted by Crippen LogP contribution is -2.03. The first-order valence-electron chi connectivity index (χ1n) is 6.02. The summed E-state index contributed by atoms with van der Waals surface area (Å²) in [5, 5.41) is 0. The molecule has 1 aromatic carbocycles. The zero-order valence-electron chi connectivity index (χ0n) is 11.1. The van der Waals surface area contributed by atoms with E-state index in [1.807, 2.05) is 0 Å². The lowest BCUT2D eigenvalue weighted by molar-refractivity contribution is 0.356. The van der Waals surface area contributed by atoms with E-state index in [0.29, 0.717) is 28.4 Å². The summed E-state index contributed by atoms with van der Waals surface area (Å²) in [6, 6.07) is 5.02. The first kappa shape index (κ1) is 12.3. The molecule has 0 saturated heterocycles. The lowest BCUT2D eigenvalue weighted by atomic mass is 10.2. The van der Waals surface area contributed by atoms with E-state index < -0.39 is 0 Å². The summed E-state index contributed by atoms with van der Waals surface area (Å²) in [7, 11) is 3.14. The maximum atomic E-state index is 11.8.